The van der Waals surface area contributed by atoms with Gasteiger partial charge in [-0.1, -0.05) is 17.8 Å². The van der Waals surface area contributed by atoms with Crippen LogP contribution in [-0.2, 0) is 11.3 Å². The Morgan fingerprint density at radius 1 is 1.32 bits per heavy atom. The van der Waals surface area contributed by atoms with Gasteiger partial charge in [0.15, 0.2) is 11.0 Å². The predicted molar refractivity (Wildman–Crippen MR) is 110 cm³/mol. The van der Waals surface area contributed by atoms with Gasteiger partial charge in [0.1, 0.15) is 11.5 Å². The van der Waals surface area contributed by atoms with Crippen LogP contribution >= 0.6 is 11.8 Å². The highest BCUT2D eigenvalue weighted by Crippen LogP contribution is 2.27. The van der Waals surface area contributed by atoms with Crippen LogP contribution < -0.4 is 10.1 Å². The summed E-state index contributed by atoms with van der Waals surface area (Å²) in [7, 11) is 1.61. The van der Waals surface area contributed by atoms with Gasteiger partial charge >= 0.3 is 0 Å². The number of amides is 1. The van der Waals surface area contributed by atoms with Crippen LogP contribution in [0.4, 0.5) is 5.69 Å². The lowest BCUT2D eigenvalue weighted by atomic mass is 10.2. The number of nitrogens with one attached hydrogen (secondary N) is 1. The lowest BCUT2D eigenvalue weighted by Gasteiger charge is -2.08. The first-order chi connectivity index (χ1) is 13.6. The van der Waals surface area contributed by atoms with Crippen LogP contribution in [0.3, 0.4) is 0 Å². The van der Waals surface area contributed by atoms with Gasteiger partial charge in [0.2, 0.25) is 5.91 Å². The molecule has 1 aromatic carbocycles. The van der Waals surface area contributed by atoms with E-state index < -0.39 is 0 Å². The zero-order valence-electron chi connectivity index (χ0n) is 15.8. The summed E-state index contributed by atoms with van der Waals surface area (Å²) in [5, 5.41) is 12.2. The second-order valence-corrected chi connectivity index (χ2v) is 7.03. The van der Waals surface area contributed by atoms with Gasteiger partial charge in [0, 0.05) is 24.4 Å². The summed E-state index contributed by atoms with van der Waals surface area (Å²) in [5.74, 6) is 2.79. The maximum absolute atomic E-state index is 12.2. The third-order valence-corrected chi connectivity index (χ3v) is 5.03. The fourth-order valence-corrected chi connectivity index (χ4v) is 3.52. The Bertz CT molecular complexity index is 947. The van der Waals surface area contributed by atoms with Gasteiger partial charge in [0.25, 0.3) is 0 Å². The van der Waals surface area contributed by atoms with Crippen molar-refractivity contribution < 1.29 is 13.9 Å². The summed E-state index contributed by atoms with van der Waals surface area (Å²) in [6.45, 7) is 6.27. The molecule has 0 fully saturated rings. The van der Waals surface area contributed by atoms with Gasteiger partial charge in [-0.2, -0.15) is 0 Å². The fourth-order valence-electron chi connectivity index (χ4n) is 2.64. The van der Waals surface area contributed by atoms with Crippen LogP contribution in [0, 0.1) is 6.92 Å². The molecule has 1 amide bonds. The smallest absolute Gasteiger partial charge is 0.225 e. The Hall–Kier alpha value is -3.00. The molecule has 3 rings (SSSR count). The molecule has 0 unspecified atom stereocenters. The first-order valence-corrected chi connectivity index (χ1v) is 9.76. The standard InChI is InChI=1S/C20H22N4O3S/c1-4-11-24-19(17-9-12-27-14(17)2)22-23-20(24)28-13-10-18(25)21-15-5-7-16(26-3)8-6-15/h4-9,12H,1,10-11,13H2,2-3H3,(H,21,25). The number of carbonyl (C=O) groups is 1. The normalized spacial score (nSPS) is 10.6. The lowest BCUT2D eigenvalue weighted by molar-refractivity contribution is -0.115. The molecule has 0 radical (unpaired) electrons. The maximum atomic E-state index is 12.2. The monoisotopic (exact) mass is 398 g/mol. The van der Waals surface area contributed by atoms with Crippen molar-refractivity contribution in [2.75, 3.05) is 18.2 Å². The summed E-state index contributed by atoms with van der Waals surface area (Å²) >= 11 is 1.49. The van der Waals surface area contributed by atoms with Crippen molar-refractivity contribution in [1.82, 2.24) is 14.8 Å². The average molecular weight is 398 g/mol. The summed E-state index contributed by atoms with van der Waals surface area (Å²) in [6.07, 6.45) is 3.79. The highest BCUT2D eigenvalue weighted by atomic mass is 32.2. The van der Waals surface area contributed by atoms with E-state index in [1.54, 1.807) is 19.4 Å². The van der Waals surface area contributed by atoms with E-state index in [4.69, 9.17) is 9.15 Å². The molecule has 0 saturated carbocycles. The van der Waals surface area contributed by atoms with Crippen LogP contribution in [0.25, 0.3) is 11.4 Å². The van der Waals surface area contributed by atoms with E-state index in [1.807, 2.05) is 41.8 Å². The Morgan fingerprint density at radius 2 is 2.11 bits per heavy atom. The zero-order chi connectivity index (χ0) is 19.9. The highest BCUT2D eigenvalue weighted by molar-refractivity contribution is 7.99. The predicted octanol–water partition coefficient (Wildman–Crippen LogP) is 4.16. The molecule has 8 heteroatoms. The van der Waals surface area contributed by atoms with Crippen LogP contribution in [0.1, 0.15) is 12.2 Å². The zero-order valence-corrected chi connectivity index (χ0v) is 16.7. The summed E-state index contributed by atoms with van der Waals surface area (Å²) in [6, 6.07) is 9.10. The number of thioether (sulfide) groups is 1. The number of allylic oxidation sites excluding steroid dienone is 1. The molecule has 28 heavy (non-hydrogen) atoms. The van der Waals surface area contributed by atoms with E-state index in [9.17, 15) is 4.79 Å². The summed E-state index contributed by atoms with van der Waals surface area (Å²) < 4.78 is 12.5. The van der Waals surface area contributed by atoms with Crippen molar-refractivity contribution in [3.8, 4) is 17.1 Å². The molecule has 2 heterocycles. The SMILES string of the molecule is C=CCn1c(SCCC(=O)Nc2ccc(OC)cc2)nnc1-c1ccoc1C. The largest absolute Gasteiger partial charge is 0.497 e. The van der Waals surface area contributed by atoms with Crippen molar-refractivity contribution in [3.63, 3.8) is 0 Å². The quantitative estimate of drug-likeness (QED) is 0.430. The first kappa shape index (κ1) is 19.8. The highest BCUT2D eigenvalue weighted by Gasteiger charge is 2.17. The molecule has 0 saturated heterocycles. The van der Waals surface area contributed by atoms with Crippen molar-refractivity contribution in [3.05, 3.63) is 55.0 Å². The van der Waals surface area contributed by atoms with E-state index in [-0.39, 0.29) is 5.91 Å². The molecular formula is C20H22N4O3S. The second-order valence-electron chi connectivity index (χ2n) is 5.97. The minimum absolute atomic E-state index is 0.0571. The van der Waals surface area contributed by atoms with Gasteiger partial charge in [-0.15, -0.1) is 16.8 Å². The fraction of sp³-hybridized carbons (Fsp3) is 0.250. The van der Waals surface area contributed by atoms with Crippen LogP contribution in [0.5, 0.6) is 5.75 Å². The molecular weight excluding hydrogens is 376 g/mol. The number of aromatic nitrogens is 3. The number of hydrogen-bond acceptors (Lipinski definition) is 6. The minimum atomic E-state index is -0.0571. The third-order valence-electron chi connectivity index (χ3n) is 4.06. The van der Waals surface area contributed by atoms with Crippen molar-refractivity contribution in [2.45, 2.75) is 25.0 Å². The number of rotatable bonds is 9. The number of anilines is 1. The number of benzene rings is 1. The van der Waals surface area contributed by atoms with Gasteiger partial charge in [-0.05, 0) is 37.3 Å². The molecule has 0 atom stereocenters. The molecule has 0 spiro atoms. The van der Waals surface area contributed by atoms with E-state index in [2.05, 4.69) is 22.1 Å². The molecule has 2 aromatic heterocycles. The second kappa shape index (κ2) is 9.27. The molecule has 0 aliphatic heterocycles. The number of ether oxygens (including phenoxy) is 1. The molecule has 3 aromatic rings. The Labute approximate surface area is 167 Å². The average Bonchev–Trinajstić information content (AvgIpc) is 3.29. The van der Waals surface area contributed by atoms with Gasteiger partial charge in [0.05, 0.1) is 18.9 Å². The van der Waals surface area contributed by atoms with Crippen molar-refractivity contribution in [2.24, 2.45) is 0 Å². The molecule has 0 aliphatic rings. The molecule has 7 nitrogen and oxygen atoms in total. The Kier molecular flexibility index (Phi) is 6.54. The Morgan fingerprint density at radius 3 is 2.75 bits per heavy atom. The maximum Gasteiger partial charge on any atom is 0.225 e. The lowest BCUT2D eigenvalue weighted by Crippen LogP contribution is -2.12. The molecule has 0 aliphatic carbocycles. The number of nitrogens with zero attached hydrogens (tertiary/aromatic N) is 3. The molecule has 146 valence electrons. The van der Waals surface area contributed by atoms with Gasteiger partial charge < -0.3 is 14.5 Å². The summed E-state index contributed by atoms with van der Waals surface area (Å²) in [4.78, 5) is 12.2. The summed E-state index contributed by atoms with van der Waals surface area (Å²) in [5.41, 5.74) is 1.64. The van der Waals surface area contributed by atoms with Gasteiger partial charge in [-0.25, -0.2) is 0 Å². The van der Waals surface area contributed by atoms with E-state index in [0.29, 0.717) is 18.7 Å². The minimum Gasteiger partial charge on any atom is -0.497 e. The van der Waals surface area contributed by atoms with Gasteiger partial charge in [-0.3, -0.25) is 9.36 Å². The van der Waals surface area contributed by atoms with E-state index >= 15 is 0 Å². The van der Waals surface area contributed by atoms with Crippen molar-refractivity contribution in [1.29, 1.82) is 0 Å². The Balaban J connectivity index is 1.59. The van der Waals surface area contributed by atoms with Crippen LogP contribution in [0.15, 0.2) is 58.8 Å². The van der Waals surface area contributed by atoms with Crippen LogP contribution in [0.2, 0.25) is 0 Å². The van der Waals surface area contributed by atoms with E-state index in [1.165, 1.54) is 11.8 Å². The number of furan rings is 1. The number of hydrogen-bond donors (Lipinski definition) is 1. The number of carbonyl (C=O) groups excluding carboxylic acids is 1. The topological polar surface area (TPSA) is 82.2 Å². The van der Waals surface area contributed by atoms with E-state index in [0.717, 1.165) is 33.7 Å². The third kappa shape index (κ3) is 4.64. The first-order valence-electron chi connectivity index (χ1n) is 8.77. The van der Waals surface area contributed by atoms with Crippen LogP contribution in [-0.4, -0.2) is 33.5 Å². The number of methoxy groups -OCH3 is 1. The molecule has 1 N–H and O–H groups in total. The molecule has 0 bridgehead atoms. The number of aryl methyl sites for hydroxylation is 1. The van der Waals surface area contributed by atoms with Crippen molar-refractivity contribution >= 4 is 23.4 Å².